The molecule has 2 N–H and O–H groups in total. The maximum atomic E-state index is 11.9. The summed E-state index contributed by atoms with van der Waals surface area (Å²) in [5.74, 6) is 0.674. The van der Waals surface area contributed by atoms with Crippen LogP contribution in [-0.4, -0.2) is 28.7 Å². The number of nitrogens with one attached hydrogen (secondary N) is 2. The first-order valence-electron chi connectivity index (χ1n) is 6.21. The first-order chi connectivity index (χ1) is 10.1. The summed E-state index contributed by atoms with van der Waals surface area (Å²) in [6, 6.07) is 8.83. The van der Waals surface area contributed by atoms with E-state index < -0.39 is 5.69 Å². The van der Waals surface area contributed by atoms with Crippen LogP contribution >= 0.6 is 11.8 Å². The van der Waals surface area contributed by atoms with E-state index in [9.17, 15) is 9.59 Å². The number of amides is 1. The van der Waals surface area contributed by atoms with E-state index in [1.165, 1.54) is 11.8 Å². The van der Waals surface area contributed by atoms with Crippen molar-refractivity contribution in [3.05, 3.63) is 46.5 Å². The summed E-state index contributed by atoms with van der Waals surface area (Å²) in [5, 5.41) is 3.29. The number of carbonyl (C=O) groups is 1. The van der Waals surface area contributed by atoms with Gasteiger partial charge in [0.05, 0.1) is 12.9 Å². The molecule has 0 spiro atoms. The van der Waals surface area contributed by atoms with E-state index in [1.807, 2.05) is 0 Å². The first kappa shape index (κ1) is 15.1. The fourth-order valence-electron chi connectivity index (χ4n) is 1.66. The van der Waals surface area contributed by atoms with Gasteiger partial charge in [0.1, 0.15) is 10.8 Å². The van der Waals surface area contributed by atoms with Crippen LogP contribution in [-0.2, 0) is 4.79 Å². The van der Waals surface area contributed by atoms with E-state index in [2.05, 4.69) is 15.3 Å². The molecule has 0 aliphatic rings. The van der Waals surface area contributed by atoms with E-state index in [4.69, 9.17) is 4.74 Å². The number of aryl methyl sites for hydroxylation is 1. The molecule has 110 valence electrons. The normalized spacial score (nSPS) is 10.2. The van der Waals surface area contributed by atoms with Crippen molar-refractivity contribution < 1.29 is 9.53 Å². The van der Waals surface area contributed by atoms with Gasteiger partial charge in [0, 0.05) is 17.4 Å². The lowest BCUT2D eigenvalue weighted by atomic mass is 10.3. The number of carbonyl (C=O) groups excluding carboxylic acids is 1. The third-order valence-electron chi connectivity index (χ3n) is 2.56. The largest absolute Gasteiger partial charge is 0.497 e. The summed E-state index contributed by atoms with van der Waals surface area (Å²) in [4.78, 5) is 29.4. The smallest absolute Gasteiger partial charge is 0.346 e. The third kappa shape index (κ3) is 4.64. The quantitative estimate of drug-likeness (QED) is 0.650. The number of aromatic nitrogens is 2. The molecular weight excluding hydrogens is 290 g/mol. The monoisotopic (exact) mass is 305 g/mol. The molecular formula is C14H15N3O3S. The summed E-state index contributed by atoms with van der Waals surface area (Å²) in [6.45, 7) is 1.77. The fourth-order valence-corrected chi connectivity index (χ4v) is 2.42. The predicted octanol–water partition coefficient (Wildman–Crippen LogP) is 1.82. The predicted molar refractivity (Wildman–Crippen MR) is 81.9 cm³/mol. The summed E-state index contributed by atoms with van der Waals surface area (Å²) < 4.78 is 5.09. The lowest BCUT2D eigenvalue weighted by Crippen LogP contribution is -2.16. The second-order valence-corrected chi connectivity index (χ2v) is 5.27. The number of hydrogen-bond donors (Lipinski definition) is 2. The molecule has 6 nitrogen and oxygen atoms in total. The summed E-state index contributed by atoms with van der Waals surface area (Å²) >= 11 is 1.21. The lowest BCUT2D eigenvalue weighted by Gasteiger charge is -2.06. The van der Waals surface area contributed by atoms with E-state index in [0.717, 1.165) is 0 Å². The number of ether oxygens (including phenoxy) is 1. The van der Waals surface area contributed by atoms with E-state index in [1.54, 1.807) is 44.4 Å². The van der Waals surface area contributed by atoms with Crippen LogP contribution in [0.4, 0.5) is 5.69 Å². The zero-order chi connectivity index (χ0) is 15.2. The molecule has 7 heteroatoms. The Morgan fingerprint density at radius 3 is 2.95 bits per heavy atom. The minimum absolute atomic E-state index is 0.173. The Kier molecular flexibility index (Phi) is 4.99. The average Bonchev–Trinajstić information content (AvgIpc) is 2.44. The molecule has 0 bridgehead atoms. The van der Waals surface area contributed by atoms with Crippen molar-refractivity contribution in [3.63, 3.8) is 0 Å². The standard InChI is InChI=1S/C14H15N3O3S/c1-9-6-13(17-14(19)15-9)21-8-12(18)16-10-4-3-5-11(7-10)20-2/h3-7H,8H2,1-2H3,(H,16,18)(H,15,17,19). The van der Waals surface area contributed by atoms with Gasteiger partial charge in [0.15, 0.2) is 0 Å². The number of H-pyrrole nitrogens is 1. The van der Waals surface area contributed by atoms with E-state index in [0.29, 0.717) is 22.2 Å². The molecule has 0 saturated carbocycles. The molecule has 0 aliphatic heterocycles. The van der Waals surface area contributed by atoms with Gasteiger partial charge in [-0.3, -0.25) is 4.79 Å². The molecule has 0 fully saturated rings. The van der Waals surface area contributed by atoms with Crippen LogP contribution in [0.15, 0.2) is 40.2 Å². The van der Waals surface area contributed by atoms with Crippen molar-refractivity contribution in [1.29, 1.82) is 0 Å². The number of anilines is 1. The summed E-state index contributed by atoms with van der Waals surface area (Å²) in [7, 11) is 1.57. The highest BCUT2D eigenvalue weighted by molar-refractivity contribution is 7.99. The number of thioether (sulfide) groups is 1. The first-order valence-corrected chi connectivity index (χ1v) is 7.20. The molecule has 1 amide bonds. The highest BCUT2D eigenvalue weighted by Crippen LogP contribution is 2.18. The van der Waals surface area contributed by atoms with Crippen LogP contribution in [0.5, 0.6) is 5.75 Å². The van der Waals surface area contributed by atoms with Gasteiger partial charge < -0.3 is 15.0 Å². The van der Waals surface area contributed by atoms with Crippen molar-refractivity contribution >= 4 is 23.4 Å². The van der Waals surface area contributed by atoms with E-state index in [-0.39, 0.29) is 11.7 Å². The minimum atomic E-state index is -0.411. The average molecular weight is 305 g/mol. The van der Waals surface area contributed by atoms with Gasteiger partial charge >= 0.3 is 5.69 Å². The van der Waals surface area contributed by atoms with Crippen LogP contribution in [0.3, 0.4) is 0 Å². The molecule has 1 aromatic carbocycles. The van der Waals surface area contributed by atoms with Crippen LogP contribution in [0.1, 0.15) is 5.69 Å². The maximum Gasteiger partial charge on any atom is 0.346 e. The Bertz CT molecular complexity index is 700. The van der Waals surface area contributed by atoms with Crippen LogP contribution in [0.25, 0.3) is 0 Å². The molecule has 0 unspecified atom stereocenters. The number of benzene rings is 1. The number of aromatic amines is 1. The Labute approximate surface area is 125 Å². The van der Waals surface area contributed by atoms with Crippen molar-refractivity contribution in [2.75, 3.05) is 18.2 Å². The van der Waals surface area contributed by atoms with Gasteiger partial charge in [0.2, 0.25) is 5.91 Å². The summed E-state index contributed by atoms with van der Waals surface area (Å²) in [5.41, 5.74) is 0.964. The zero-order valence-corrected chi connectivity index (χ0v) is 12.5. The molecule has 1 heterocycles. The fraction of sp³-hybridized carbons (Fsp3) is 0.214. The van der Waals surface area contributed by atoms with Gasteiger partial charge in [0.25, 0.3) is 0 Å². The Hall–Kier alpha value is -2.28. The SMILES string of the molecule is COc1cccc(NC(=O)CSc2cc(C)[nH]c(=O)n2)c1. The van der Waals surface area contributed by atoms with Crippen LogP contribution in [0, 0.1) is 6.92 Å². The lowest BCUT2D eigenvalue weighted by molar-refractivity contribution is -0.113. The summed E-state index contributed by atoms with van der Waals surface area (Å²) in [6.07, 6.45) is 0. The second-order valence-electron chi connectivity index (χ2n) is 4.28. The molecule has 21 heavy (non-hydrogen) atoms. The van der Waals surface area contributed by atoms with Gasteiger partial charge in [-0.05, 0) is 25.1 Å². The van der Waals surface area contributed by atoms with Crippen molar-refractivity contribution in [1.82, 2.24) is 9.97 Å². The van der Waals surface area contributed by atoms with Gasteiger partial charge in [-0.2, -0.15) is 4.98 Å². The van der Waals surface area contributed by atoms with Crippen molar-refractivity contribution in [2.24, 2.45) is 0 Å². The molecule has 0 radical (unpaired) electrons. The topological polar surface area (TPSA) is 84.1 Å². The van der Waals surface area contributed by atoms with E-state index >= 15 is 0 Å². The highest BCUT2D eigenvalue weighted by Gasteiger charge is 2.06. The molecule has 0 saturated heterocycles. The minimum Gasteiger partial charge on any atom is -0.497 e. The number of methoxy groups -OCH3 is 1. The second kappa shape index (κ2) is 6.94. The van der Waals surface area contributed by atoms with Crippen molar-refractivity contribution in [2.45, 2.75) is 11.9 Å². The van der Waals surface area contributed by atoms with Crippen LogP contribution < -0.4 is 15.7 Å². The third-order valence-corrected chi connectivity index (χ3v) is 3.47. The van der Waals surface area contributed by atoms with Crippen LogP contribution in [0.2, 0.25) is 0 Å². The number of nitrogens with zero attached hydrogens (tertiary/aromatic N) is 1. The molecule has 2 rings (SSSR count). The molecule has 0 atom stereocenters. The molecule has 1 aromatic heterocycles. The Morgan fingerprint density at radius 1 is 1.43 bits per heavy atom. The highest BCUT2D eigenvalue weighted by atomic mass is 32.2. The van der Waals surface area contributed by atoms with Gasteiger partial charge in [-0.25, -0.2) is 4.79 Å². The molecule has 2 aromatic rings. The van der Waals surface area contributed by atoms with Gasteiger partial charge in [-0.15, -0.1) is 0 Å². The van der Waals surface area contributed by atoms with Gasteiger partial charge in [-0.1, -0.05) is 17.8 Å². The number of hydrogen-bond acceptors (Lipinski definition) is 5. The molecule has 0 aliphatic carbocycles. The van der Waals surface area contributed by atoms with Crippen molar-refractivity contribution in [3.8, 4) is 5.75 Å². The Balaban J connectivity index is 1.94. The number of rotatable bonds is 5. The maximum absolute atomic E-state index is 11.9. The zero-order valence-electron chi connectivity index (χ0n) is 11.7. The Morgan fingerprint density at radius 2 is 2.24 bits per heavy atom.